The molecule has 9 N–H and O–H groups in total. The van der Waals surface area contributed by atoms with Crippen LogP contribution in [0.1, 0.15) is 122 Å². The van der Waals surface area contributed by atoms with Gasteiger partial charge in [0, 0.05) is 65.0 Å². The van der Waals surface area contributed by atoms with Crippen LogP contribution < -0.4 is 32.7 Å². The Kier molecular flexibility index (Phi) is 19.4. The van der Waals surface area contributed by atoms with Gasteiger partial charge in [0.2, 0.25) is 47.3 Å². The van der Waals surface area contributed by atoms with E-state index in [1.807, 2.05) is 52.0 Å². The molecule has 3 fully saturated rings. The molecule has 1 aromatic heterocycles. The molecule has 0 unspecified atom stereocenters. The minimum Gasteiger partial charge on any atom is -0.391 e. The molecule has 3 saturated heterocycles. The zero-order chi connectivity index (χ0) is 49.7. The summed E-state index contributed by atoms with van der Waals surface area (Å²) in [6.45, 7) is 9.98. The molecule has 3 aliphatic heterocycles. The number of rotatable bonds is 21. The molecular formula is C48H72N10O9S. The second-order valence-electron chi connectivity index (χ2n) is 19.5. The SMILES string of the molecule is CC(=O)N1CC[C@H]2CC[C@@H](C(=O)N[C@@H](CCC(N)=O)C(=O)NCCCCCCCCC(=O)N[C@H](C(=O)N3C[C@H](O)C[C@H]3C(=O)NCc3ccc(-c4scnc4C)cc3)C(C)(C)C)N2C(=O)[C@@H](N)C1. The molecule has 1 aromatic carbocycles. The quantitative estimate of drug-likeness (QED) is 0.0886. The van der Waals surface area contributed by atoms with Crippen LogP contribution in [0.2, 0.25) is 0 Å². The summed E-state index contributed by atoms with van der Waals surface area (Å²) in [5.41, 5.74) is 15.6. The molecule has 2 aromatic rings. The fourth-order valence-corrected chi connectivity index (χ4v) is 10.0. The number of aromatic nitrogens is 1. The fourth-order valence-electron chi connectivity index (χ4n) is 9.24. The van der Waals surface area contributed by atoms with Crippen molar-refractivity contribution >= 4 is 58.6 Å². The number of unbranched alkanes of at least 4 members (excludes halogenated alkanes) is 5. The van der Waals surface area contributed by atoms with Crippen LogP contribution >= 0.6 is 11.3 Å². The molecule has 0 saturated carbocycles. The Hall–Kier alpha value is -5.47. The van der Waals surface area contributed by atoms with Gasteiger partial charge in [0.05, 0.1) is 22.2 Å². The van der Waals surface area contributed by atoms with Crippen molar-refractivity contribution in [3.05, 3.63) is 41.0 Å². The monoisotopic (exact) mass is 965 g/mol. The van der Waals surface area contributed by atoms with Gasteiger partial charge in [-0.3, -0.25) is 38.4 Å². The maximum Gasteiger partial charge on any atom is 0.246 e. The van der Waals surface area contributed by atoms with Crippen LogP contribution in [0.15, 0.2) is 29.8 Å². The molecular weight excluding hydrogens is 893 g/mol. The van der Waals surface area contributed by atoms with E-state index in [-0.39, 0.29) is 69.1 Å². The normalized spacial score (nSPS) is 21.5. The van der Waals surface area contributed by atoms with Crippen molar-refractivity contribution < 1.29 is 43.5 Å². The summed E-state index contributed by atoms with van der Waals surface area (Å²) in [7, 11) is 0. The molecule has 0 radical (unpaired) electrons. The molecule has 68 heavy (non-hydrogen) atoms. The van der Waals surface area contributed by atoms with Crippen LogP contribution in [-0.2, 0) is 44.9 Å². The van der Waals surface area contributed by atoms with Gasteiger partial charge in [-0.25, -0.2) is 4.98 Å². The number of carbonyl (C=O) groups excluding carboxylic acids is 8. The average molecular weight is 965 g/mol. The van der Waals surface area contributed by atoms with E-state index in [1.165, 1.54) is 16.7 Å². The minimum atomic E-state index is -1.04. The summed E-state index contributed by atoms with van der Waals surface area (Å²) < 4.78 is 0. The lowest BCUT2D eigenvalue weighted by molar-refractivity contribution is -0.144. The molecule has 0 spiro atoms. The smallest absolute Gasteiger partial charge is 0.246 e. The van der Waals surface area contributed by atoms with Crippen molar-refractivity contribution in [2.75, 3.05) is 26.2 Å². The Morgan fingerprint density at radius 2 is 1.57 bits per heavy atom. The van der Waals surface area contributed by atoms with Crippen LogP contribution in [0.4, 0.5) is 0 Å². The topological polar surface area (TPSA) is 280 Å². The highest BCUT2D eigenvalue weighted by atomic mass is 32.1. The van der Waals surface area contributed by atoms with E-state index >= 15 is 0 Å². The van der Waals surface area contributed by atoms with Crippen LogP contribution in [0.5, 0.6) is 0 Å². The molecule has 4 heterocycles. The number of aryl methyl sites for hydroxylation is 1. The van der Waals surface area contributed by atoms with E-state index in [1.54, 1.807) is 21.7 Å². The number of hydrogen-bond acceptors (Lipinski definition) is 12. The number of fused-ring (bicyclic) bond motifs is 1. The van der Waals surface area contributed by atoms with Crippen molar-refractivity contribution in [3.8, 4) is 10.4 Å². The highest BCUT2D eigenvalue weighted by Crippen LogP contribution is 2.31. The predicted molar refractivity (Wildman–Crippen MR) is 256 cm³/mol. The minimum absolute atomic E-state index is 0.00699. The zero-order valence-electron chi connectivity index (χ0n) is 40.2. The Labute approximate surface area is 403 Å². The van der Waals surface area contributed by atoms with Crippen LogP contribution in [-0.4, -0.2) is 141 Å². The van der Waals surface area contributed by atoms with Gasteiger partial charge < -0.3 is 52.5 Å². The average Bonchev–Trinajstić information content (AvgIpc) is 4.03. The molecule has 5 rings (SSSR count). The second kappa shape index (κ2) is 24.7. The number of β-amino-alcohol motifs (C(OH)–C–C–N with tert-alkyl or cyclic N) is 1. The van der Waals surface area contributed by atoms with E-state index in [4.69, 9.17) is 11.5 Å². The molecule has 8 amide bonds. The van der Waals surface area contributed by atoms with E-state index in [0.29, 0.717) is 45.2 Å². The number of aliphatic hydroxyl groups excluding tert-OH is 1. The first-order valence-corrected chi connectivity index (χ1v) is 24.9. The number of aliphatic hydroxyl groups is 1. The third kappa shape index (κ3) is 14.8. The molecule has 0 bridgehead atoms. The van der Waals surface area contributed by atoms with Crippen LogP contribution in [0.25, 0.3) is 10.4 Å². The Morgan fingerprint density at radius 1 is 0.882 bits per heavy atom. The van der Waals surface area contributed by atoms with Crippen LogP contribution in [0, 0.1) is 12.3 Å². The number of benzene rings is 1. The predicted octanol–water partition coefficient (Wildman–Crippen LogP) is 1.76. The molecule has 3 aliphatic rings. The van der Waals surface area contributed by atoms with Gasteiger partial charge in [-0.1, -0.05) is 70.7 Å². The lowest BCUT2D eigenvalue weighted by atomic mass is 9.85. The maximum atomic E-state index is 14.0. The number of likely N-dealkylation sites (tertiary alicyclic amines) is 1. The van der Waals surface area contributed by atoms with Gasteiger partial charge in [-0.2, -0.15) is 0 Å². The standard InChI is InChI=1S/C48H72N10O9S/c1-29-41(68-28-53-29)32-15-13-31(14-16-32)25-52-44(64)38-24-34(60)26-57(38)47(67)42(48(3,4)5)55-40(62)12-10-8-6-7-9-11-22-51-43(63)36(18-20-39(50)61)54-45(65)37-19-17-33-21-23-56(30(2)59)27-35(49)46(66)58(33)37/h13-16,28,33-38,42,60H,6-12,17-27,49H2,1-5H3,(H2,50,61)(H,51,63)(H,52,64)(H,54,65)(H,55,62)/t33-,34-,35+,36+,37+,38+,42-/m1/s1. The van der Waals surface area contributed by atoms with E-state index < -0.39 is 71.3 Å². The number of carbonyl (C=O) groups is 8. The first kappa shape index (κ1) is 53.5. The van der Waals surface area contributed by atoms with E-state index in [2.05, 4.69) is 26.3 Å². The Bertz CT molecular complexity index is 2110. The Morgan fingerprint density at radius 3 is 2.22 bits per heavy atom. The largest absolute Gasteiger partial charge is 0.391 e. The van der Waals surface area contributed by atoms with Gasteiger partial charge >= 0.3 is 0 Å². The van der Waals surface area contributed by atoms with Crippen molar-refractivity contribution in [3.63, 3.8) is 0 Å². The third-order valence-corrected chi connectivity index (χ3v) is 14.1. The number of amides is 8. The molecule has 7 atom stereocenters. The van der Waals surface area contributed by atoms with Gasteiger partial charge in [0.15, 0.2) is 0 Å². The summed E-state index contributed by atoms with van der Waals surface area (Å²) in [6, 6.07) is 2.91. The number of primary amides is 1. The fraction of sp³-hybridized carbons (Fsp3) is 0.646. The van der Waals surface area contributed by atoms with Gasteiger partial charge in [-0.05, 0) is 62.0 Å². The molecule has 0 aliphatic carbocycles. The first-order chi connectivity index (χ1) is 32.2. The zero-order valence-corrected chi connectivity index (χ0v) is 41.0. The maximum absolute atomic E-state index is 14.0. The molecule has 20 heteroatoms. The number of hydrogen-bond donors (Lipinski definition) is 7. The van der Waals surface area contributed by atoms with Crippen molar-refractivity contribution in [1.29, 1.82) is 0 Å². The summed E-state index contributed by atoms with van der Waals surface area (Å²) in [5.74, 6) is -3.24. The summed E-state index contributed by atoms with van der Waals surface area (Å²) in [4.78, 5) is 114. The summed E-state index contributed by atoms with van der Waals surface area (Å²) in [5, 5.41) is 22.0. The van der Waals surface area contributed by atoms with Gasteiger partial charge in [-0.15, -0.1) is 11.3 Å². The lowest BCUT2D eigenvalue weighted by Crippen LogP contribution is -2.60. The van der Waals surface area contributed by atoms with Gasteiger partial charge in [0.1, 0.15) is 30.2 Å². The van der Waals surface area contributed by atoms with E-state index in [9.17, 15) is 43.5 Å². The highest BCUT2D eigenvalue weighted by molar-refractivity contribution is 7.13. The lowest BCUT2D eigenvalue weighted by Gasteiger charge is -2.37. The third-order valence-electron chi connectivity index (χ3n) is 13.1. The number of nitrogens with zero attached hydrogens (tertiary/aromatic N) is 4. The van der Waals surface area contributed by atoms with Crippen molar-refractivity contribution in [2.45, 2.75) is 167 Å². The Balaban J connectivity index is 1.01. The van der Waals surface area contributed by atoms with Crippen molar-refractivity contribution in [2.24, 2.45) is 16.9 Å². The van der Waals surface area contributed by atoms with Crippen molar-refractivity contribution in [1.82, 2.24) is 41.0 Å². The molecule has 19 nitrogen and oxygen atoms in total. The van der Waals surface area contributed by atoms with E-state index in [0.717, 1.165) is 47.4 Å². The molecule has 374 valence electrons. The summed E-state index contributed by atoms with van der Waals surface area (Å²) in [6.07, 6.45) is 5.24. The second-order valence-corrected chi connectivity index (χ2v) is 20.4. The first-order valence-electron chi connectivity index (χ1n) is 24.0. The van der Waals surface area contributed by atoms with Gasteiger partial charge in [0.25, 0.3) is 0 Å². The van der Waals surface area contributed by atoms with Crippen LogP contribution in [0.3, 0.4) is 0 Å². The number of nitrogens with one attached hydrogen (secondary N) is 4. The summed E-state index contributed by atoms with van der Waals surface area (Å²) >= 11 is 1.56. The number of thiazole rings is 1. The number of nitrogens with two attached hydrogens (primary N) is 2. The highest BCUT2D eigenvalue weighted by Gasteiger charge is 2.46.